The quantitative estimate of drug-likeness (QED) is 0.0211. The zero-order valence-electron chi connectivity index (χ0n) is 55.2. The van der Waals surface area contributed by atoms with Crippen molar-refractivity contribution in [3.8, 4) is 11.5 Å². The highest BCUT2D eigenvalue weighted by molar-refractivity contribution is 6.07. The normalized spacial score (nSPS) is 14.7. The maximum absolute atomic E-state index is 14.7. The first kappa shape index (κ1) is 71.2. The summed E-state index contributed by atoms with van der Waals surface area (Å²) >= 11 is 0. The van der Waals surface area contributed by atoms with Crippen molar-refractivity contribution in [3.63, 3.8) is 0 Å². The van der Waals surface area contributed by atoms with E-state index in [0.29, 0.717) is 40.1 Å². The number of benzene rings is 6. The van der Waals surface area contributed by atoms with Gasteiger partial charge >= 0.3 is 0 Å². The van der Waals surface area contributed by atoms with Gasteiger partial charge in [0, 0.05) is 104 Å². The van der Waals surface area contributed by atoms with Gasteiger partial charge in [-0.3, -0.25) is 24.2 Å². The number of carbonyl (C=O) groups excluding carboxylic acids is 3. The summed E-state index contributed by atoms with van der Waals surface area (Å²) < 4.78 is 73.2. The minimum atomic E-state index is -1.84. The fourth-order valence-electron chi connectivity index (χ4n) is 11.6. The molecule has 2 aliphatic heterocycles. The van der Waals surface area contributed by atoms with Gasteiger partial charge in [-0.15, -0.1) is 10.2 Å². The Bertz CT molecular complexity index is 4220. The number of allylic oxidation sites excluding steroid dienone is 1. The first-order valence-electron chi connectivity index (χ1n) is 32.5. The average Bonchev–Trinajstić information content (AvgIpc) is 1.79. The van der Waals surface area contributed by atoms with Gasteiger partial charge in [0.2, 0.25) is 0 Å². The highest BCUT2D eigenvalue weighted by atomic mass is 19.1. The Morgan fingerprint density at radius 2 is 0.939 bits per heavy atom. The number of piperazine rings is 2. The van der Waals surface area contributed by atoms with Crippen LogP contribution in [-0.2, 0) is 50.6 Å². The Balaban J connectivity index is 0.000000180. The third-order valence-electron chi connectivity index (χ3n) is 16.7. The van der Waals surface area contributed by atoms with E-state index in [4.69, 9.17) is 9.47 Å². The van der Waals surface area contributed by atoms with Crippen LogP contribution in [0.2, 0.25) is 0 Å². The van der Waals surface area contributed by atoms with Crippen LogP contribution < -0.4 is 19.3 Å². The third kappa shape index (κ3) is 20.0. The number of rotatable bonds is 27. The second kappa shape index (κ2) is 34.1. The molecular formula is C72H78F4N16O7. The number of hydrogen-bond acceptors (Lipinski definition) is 19. The highest BCUT2D eigenvalue weighted by Crippen LogP contribution is 2.31. The van der Waals surface area contributed by atoms with Gasteiger partial charge in [0.15, 0.2) is 11.6 Å². The van der Waals surface area contributed by atoms with Crippen molar-refractivity contribution in [2.45, 2.75) is 84.2 Å². The van der Waals surface area contributed by atoms with Crippen molar-refractivity contribution >= 4 is 35.3 Å². The Morgan fingerprint density at radius 1 is 0.525 bits per heavy atom. The van der Waals surface area contributed by atoms with Crippen LogP contribution in [0.25, 0.3) is 6.08 Å². The minimum absolute atomic E-state index is 0.0712. The number of ketones is 2. The van der Waals surface area contributed by atoms with Crippen molar-refractivity contribution in [2.24, 2.45) is 0 Å². The van der Waals surface area contributed by atoms with Gasteiger partial charge in [-0.25, -0.2) is 46.3 Å². The van der Waals surface area contributed by atoms with Crippen LogP contribution in [0.15, 0.2) is 177 Å². The lowest BCUT2D eigenvalue weighted by molar-refractivity contribution is -0.00936. The first-order valence-corrected chi connectivity index (χ1v) is 32.5. The van der Waals surface area contributed by atoms with Crippen molar-refractivity contribution in [1.29, 1.82) is 0 Å². The summed E-state index contributed by atoms with van der Waals surface area (Å²) in [5, 5.41) is 47.0. The van der Waals surface area contributed by atoms with E-state index in [1.54, 1.807) is 67.9 Å². The predicted molar refractivity (Wildman–Crippen MR) is 362 cm³/mol. The summed E-state index contributed by atoms with van der Waals surface area (Å²) in [6.07, 6.45) is 14.9. The molecule has 2 aliphatic rings. The van der Waals surface area contributed by atoms with Crippen molar-refractivity contribution in [3.05, 3.63) is 245 Å². The van der Waals surface area contributed by atoms with Crippen LogP contribution in [0.5, 0.6) is 11.5 Å². The summed E-state index contributed by atoms with van der Waals surface area (Å²) in [6, 6.07) is 35.6. The lowest BCUT2D eigenvalue weighted by atomic mass is 9.93. The van der Waals surface area contributed by atoms with Gasteiger partial charge < -0.3 is 29.5 Å². The van der Waals surface area contributed by atoms with Crippen molar-refractivity contribution in [1.82, 2.24) is 69.3 Å². The largest absolute Gasteiger partial charge is 0.487 e. The molecule has 0 aliphatic carbocycles. The number of halogens is 4. The Labute approximate surface area is 570 Å². The predicted octanol–water partition coefficient (Wildman–Crippen LogP) is 9.29. The Hall–Kier alpha value is -10.6. The summed E-state index contributed by atoms with van der Waals surface area (Å²) in [6.45, 7) is 16.4. The molecule has 4 aromatic heterocycles. The molecule has 23 nitrogen and oxygen atoms in total. The number of hydrogen-bond donors (Lipinski definition) is 2. The molecule has 0 radical (unpaired) electrons. The average molecular weight is 1360 g/mol. The third-order valence-corrected chi connectivity index (χ3v) is 16.7. The van der Waals surface area contributed by atoms with E-state index in [1.807, 2.05) is 48.5 Å². The molecule has 2 atom stereocenters. The number of ether oxygens (including phenoxy) is 2. The van der Waals surface area contributed by atoms with E-state index in [-0.39, 0.29) is 62.1 Å². The number of carbonyl (C=O) groups is 3. The number of nitrogens with zero attached hydrogens (tertiary/aromatic N) is 16. The molecule has 12 rings (SSSR count). The SMILES string of the molecule is CCCN1CCN(c2ccc(C(=O)/C=C/c3ccc(OCc4cn(CC(O)(Cn5cncn5)c5ccc(F)cc5F)nn4)cc3)cc2)CC1.CCCN1CCN(c2ccc(C(C)=O)cc2)CC1.O=Cc1ccc(OCc2cn(CC(O)(Cn3cncn3)c3ccc(F)cc3F)nn2)cc1. The van der Waals surface area contributed by atoms with Gasteiger partial charge in [0.25, 0.3) is 0 Å². The van der Waals surface area contributed by atoms with Crippen molar-refractivity contribution in [2.75, 3.05) is 75.2 Å². The van der Waals surface area contributed by atoms with E-state index >= 15 is 0 Å². The first-order chi connectivity index (χ1) is 47.9. The molecule has 516 valence electrons. The molecule has 0 bridgehead atoms. The maximum atomic E-state index is 14.7. The number of Topliss-reactive ketones (excluding diaryl/α,β-unsaturated/α-hetero) is 1. The molecular weight excluding hydrogens is 1280 g/mol. The molecule has 2 fully saturated rings. The van der Waals surface area contributed by atoms with Gasteiger partial charge in [0.05, 0.1) is 38.6 Å². The van der Waals surface area contributed by atoms with Gasteiger partial charge in [-0.1, -0.05) is 54.6 Å². The van der Waals surface area contributed by atoms with E-state index in [9.17, 15) is 42.2 Å². The molecule has 2 N–H and O–H groups in total. The summed E-state index contributed by atoms with van der Waals surface area (Å²) in [5.74, 6) is -2.11. The lowest BCUT2D eigenvalue weighted by Gasteiger charge is -2.36. The fraction of sp³-hybridized carbons (Fsp3) is 0.319. The standard InChI is InChI=1S/C36H38F2N8O3.C21H18F2N6O3.C15H22N2O/c1-2-15-43-16-18-44(19-17-43)31-9-6-28(7-10-31)35(47)14-5-27-3-11-32(12-4-27)49-22-30-21-45(42-41-30)23-36(48,24-46-26-39-25-40-46)33-13-8-29(37)20-34(33)38;22-16-3-6-19(20(23)7-16)21(31,12-29-14-24-13-25-29)11-28-8-17(26-27-28)10-32-18-4-1-15(9-30)2-5-18;1-3-8-16-9-11-17(12-10-16)15-6-4-14(5-7-15)13(2)18/h3-14,20-21,25-26,48H,2,15-19,22-24H2,1H3;1-9,13-14,31H,10-12H2;4-7H,3,8-12H2,1-2H3/b14-5+;;. The van der Waals surface area contributed by atoms with Crippen LogP contribution in [-0.4, -0.2) is 163 Å². The minimum Gasteiger partial charge on any atom is -0.487 e. The smallest absolute Gasteiger partial charge is 0.185 e. The molecule has 2 saturated heterocycles. The zero-order valence-corrected chi connectivity index (χ0v) is 55.2. The molecule has 6 heterocycles. The highest BCUT2D eigenvalue weighted by Gasteiger charge is 2.36. The number of aldehydes is 1. The summed E-state index contributed by atoms with van der Waals surface area (Å²) in [7, 11) is 0. The second-order valence-corrected chi connectivity index (χ2v) is 24.2. The van der Waals surface area contributed by atoms with E-state index in [2.05, 4.69) is 86.4 Å². The molecule has 99 heavy (non-hydrogen) atoms. The lowest BCUT2D eigenvalue weighted by Crippen LogP contribution is -2.46. The molecule has 0 saturated carbocycles. The van der Waals surface area contributed by atoms with E-state index < -0.39 is 34.5 Å². The molecule has 2 unspecified atom stereocenters. The second-order valence-electron chi connectivity index (χ2n) is 24.2. The molecule has 10 aromatic rings. The fourth-order valence-corrected chi connectivity index (χ4v) is 11.6. The number of aliphatic hydroxyl groups is 2. The van der Waals surface area contributed by atoms with Crippen molar-refractivity contribution < 1.29 is 51.6 Å². The maximum Gasteiger partial charge on any atom is 0.185 e. The summed E-state index contributed by atoms with van der Waals surface area (Å²) in [5.41, 5.74) is 2.23. The zero-order chi connectivity index (χ0) is 69.7. The molecule has 6 aromatic carbocycles. The monoisotopic (exact) mass is 1350 g/mol. The Morgan fingerprint density at radius 3 is 1.32 bits per heavy atom. The van der Waals surface area contributed by atoms with Crippen LogP contribution in [0.3, 0.4) is 0 Å². The van der Waals surface area contributed by atoms with Gasteiger partial charge in [0.1, 0.15) is 102 Å². The summed E-state index contributed by atoms with van der Waals surface area (Å²) in [4.78, 5) is 52.2. The molecule has 27 heteroatoms. The van der Waals surface area contributed by atoms with Gasteiger partial charge in [-0.2, -0.15) is 10.2 Å². The van der Waals surface area contributed by atoms with Crippen LogP contribution in [0.1, 0.15) is 92.8 Å². The van der Waals surface area contributed by atoms with Crippen LogP contribution in [0, 0.1) is 23.3 Å². The number of aromatic nitrogens is 12. The number of anilines is 2. The molecule has 0 amide bonds. The van der Waals surface area contributed by atoms with Crippen LogP contribution >= 0.6 is 0 Å². The van der Waals surface area contributed by atoms with E-state index in [0.717, 1.165) is 100 Å². The Kier molecular flexibility index (Phi) is 24.5. The molecule has 0 spiro atoms. The van der Waals surface area contributed by atoms with E-state index in [1.165, 1.54) is 81.2 Å². The van der Waals surface area contributed by atoms with Gasteiger partial charge in [-0.05, 0) is 142 Å². The topological polar surface area (TPSA) is 246 Å². The van der Waals surface area contributed by atoms with Crippen LogP contribution in [0.4, 0.5) is 28.9 Å².